The highest BCUT2D eigenvalue weighted by atomic mass is 35.5. The minimum absolute atomic E-state index is 0.137. The van der Waals surface area contributed by atoms with Crippen LogP contribution < -0.4 is 5.32 Å². The van der Waals surface area contributed by atoms with Gasteiger partial charge in [0.1, 0.15) is 5.60 Å². The number of piperidine rings is 1. The van der Waals surface area contributed by atoms with Gasteiger partial charge in [-0.2, -0.15) is 0 Å². The largest absolute Gasteiger partial charge is 0.454 e. The molecule has 2 aromatic rings. The fourth-order valence-electron chi connectivity index (χ4n) is 3.10. The van der Waals surface area contributed by atoms with Crippen LogP contribution in [0.1, 0.15) is 24.0 Å². The Labute approximate surface area is 151 Å². The first-order valence-corrected chi connectivity index (χ1v) is 8.77. The number of halogens is 2. The molecule has 1 aliphatic heterocycles. The predicted octanol–water partition coefficient (Wildman–Crippen LogP) is 4.36. The first-order valence-electron chi connectivity index (χ1n) is 8.01. The number of carbonyl (C=O) groups is 1. The molecule has 0 unspecified atom stereocenters. The van der Waals surface area contributed by atoms with Crippen molar-refractivity contribution >= 4 is 29.2 Å². The van der Waals surface area contributed by atoms with Crippen LogP contribution in [-0.2, 0) is 21.6 Å². The van der Waals surface area contributed by atoms with Crippen LogP contribution in [0.15, 0.2) is 48.5 Å². The maximum atomic E-state index is 12.6. The Balaban J connectivity index is 1.79. The van der Waals surface area contributed by atoms with Gasteiger partial charge < -0.3 is 10.1 Å². The van der Waals surface area contributed by atoms with E-state index in [0.29, 0.717) is 10.0 Å². The van der Waals surface area contributed by atoms with Gasteiger partial charge in [0, 0.05) is 22.9 Å². The SMILES string of the molecule is O=C(Cc1ccc(Cl)cc1Cl)OC1(c2ccccc2)CCNCC1. The fraction of sp³-hybridized carbons (Fsp3) is 0.316. The second-order valence-corrected chi connectivity index (χ2v) is 6.84. The van der Waals surface area contributed by atoms with Gasteiger partial charge in [-0.25, -0.2) is 0 Å². The molecule has 1 N–H and O–H groups in total. The molecule has 2 aromatic carbocycles. The average Bonchev–Trinajstić information content (AvgIpc) is 2.59. The topological polar surface area (TPSA) is 38.3 Å². The molecule has 3 nitrogen and oxygen atoms in total. The van der Waals surface area contributed by atoms with Crippen molar-refractivity contribution in [1.82, 2.24) is 5.32 Å². The minimum atomic E-state index is -0.567. The number of carbonyl (C=O) groups excluding carboxylic acids is 1. The first-order chi connectivity index (χ1) is 11.6. The minimum Gasteiger partial charge on any atom is -0.454 e. The molecular weight excluding hydrogens is 345 g/mol. The Morgan fingerprint density at radius 1 is 1.08 bits per heavy atom. The van der Waals surface area contributed by atoms with Gasteiger partial charge in [-0.15, -0.1) is 0 Å². The van der Waals surface area contributed by atoms with E-state index in [1.165, 1.54) is 0 Å². The third kappa shape index (κ3) is 3.92. The molecule has 0 aliphatic carbocycles. The van der Waals surface area contributed by atoms with Crippen molar-refractivity contribution in [2.45, 2.75) is 24.9 Å². The van der Waals surface area contributed by atoms with Gasteiger partial charge in [0.15, 0.2) is 0 Å². The Bertz CT molecular complexity index is 713. The summed E-state index contributed by atoms with van der Waals surface area (Å²) < 4.78 is 5.98. The summed E-state index contributed by atoms with van der Waals surface area (Å²) in [6, 6.07) is 15.1. The van der Waals surface area contributed by atoms with Crippen molar-refractivity contribution in [2.75, 3.05) is 13.1 Å². The van der Waals surface area contributed by atoms with Crippen LogP contribution >= 0.6 is 23.2 Å². The van der Waals surface area contributed by atoms with E-state index in [0.717, 1.165) is 37.1 Å². The monoisotopic (exact) mass is 363 g/mol. The summed E-state index contributed by atoms with van der Waals surface area (Å²) in [5.41, 5.74) is 1.20. The molecule has 0 saturated carbocycles. The van der Waals surface area contributed by atoms with Crippen LogP contribution in [0.3, 0.4) is 0 Å². The summed E-state index contributed by atoms with van der Waals surface area (Å²) in [5.74, 6) is -0.273. The number of benzene rings is 2. The first kappa shape index (κ1) is 17.3. The van der Waals surface area contributed by atoms with Crippen LogP contribution in [-0.4, -0.2) is 19.1 Å². The lowest BCUT2D eigenvalue weighted by Gasteiger charge is -2.37. The van der Waals surface area contributed by atoms with Crippen molar-refractivity contribution < 1.29 is 9.53 Å². The molecule has 0 bridgehead atoms. The molecule has 0 aromatic heterocycles. The van der Waals surface area contributed by atoms with Gasteiger partial charge in [0.2, 0.25) is 0 Å². The van der Waals surface area contributed by atoms with Crippen LogP contribution in [0.25, 0.3) is 0 Å². The molecule has 0 radical (unpaired) electrons. The van der Waals surface area contributed by atoms with Gasteiger partial charge in [-0.05, 0) is 36.3 Å². The molecule has 1 fully saturated rings. The Hall–Kier alpha value is -1.55. The normalized spacial score (nSPS) is 16.6. The maximum Gasteiger partial charge on any atom is 0.311 e. The van der Waals surface area contributed by atoms with E-state index < -0.39 is 5.60 Å². The van der Waals surface area contributed by atoms with E-state index in [1.807, 2.05) is 30.3 Å². The van der Waals surface area contributed by atoms with E-state index in [-0.39, 0.29) is 12.4 Å². The molecule has 3 rings (SSSR count). The van der Waals surface area contributed by atoms with E-state index in [4.69, 9.17) is 27.9 Å². The van der Waals surface area contributed by atoms with Crippen LogP contribution in [0.4, 0.5) is 0 Å². The molecular formula is C19H19Cl2NO2. The van der Waals surface area contributed by atoms with Gasteiger partial charge in [0.25, 0.3) is 0 Å². The highest BCUT2D eigenvalue weighted by molar-refractivity contribution is 6.35. The molecule has 1 saturated heterocycles. The summed E-state index contributed by atoms with van der Waals surface area (Å²) in [6.07, 6.45) is 1.66. The van der Waals surface area contributed by atoms with Crippen LogP contribution in [0.2, 0.25) is 10.0 Å². The third-order valence-corrected chi connectivity index (χ3v) is 4.96. The summed E-state index contributed by atoms with van der Waals surface area (Å²) in [6.45, 7) is 1.65. The molecule has 24 heavy (non-hydrogen) atoms. The number of esters is 1. The number of nitrogens with one attached hydrogen (secondary N) is 1. The molecule has 0 amide bonds. The molecule has 1 aliphatic rings. The zero-order valence-electron chi connectivity index (χ0n) is 13.2. The van der Waals surface area contributed by atoms with Crippen molar-refractivity contribution in [3.05, 3.63) is 69.7 Å². The van der Waals surface area contributed by atoms with Gasteiger partial charge in [-0.1, -0.05) is 59.6 Å². The lowest BCUT2D eigenvalue weighted by atomic mass is 9.84. The Morgan fingerprint density at radius 3 is 2.46 bits per heavy atom. The molecule has 0 atom stereocenters. The van der Waals surface area contributed by atoms with Crippen molar-refractivity contribution in [2.24, 2.45) is 0 Å². The number of ether oxygens (including phenoxy) is 1. The second kappa shape index (κ2) is 7.56. The highest BCUT2D eigenvalue weighted by Gasteiger charge is 2.37. The highest BCUT2D eigenvalue weighted by Crippen LogP contribution is 2.35. The lowest BCUT2D eigenvalue weighted by Crippen LogP contribution is -2.43. The van der Waals surface area contributed by atoms with Crippen LogP contribution in [0.5, 0.6) is 0 Å². The molecule has 5 heteroatoms. The summed E-state index contributed by atoms with van der Waals surface area (Å²) in [4.78, 5) is 12.6. The van der Waals surface area contributed by atoms with Gasteiger partial charge in [-0.3, -0.25) is 4.79 Å². The standard InChI is InChI=1S/C19H19Cl2NO2/c20-16-7-6-14(17(21)13-16)12-18(23)24-19(8-10-22-11-9-19)15-4-2-1-3-5-15/h1-7,13,22H,8-12H2. The van der Waals surface area contributed by atoms with Crippen molar-refractivity contribution in [3.8, 4) is 0 Å². The number of hydrogen-bond acceptors (Lipinski definition) is 3. The van der Waals surface area contributed by atoms with Crippen LogP contribution in [0, 0.1) is 0 Å². The van der Waals surface area contributed by atoms with Crippen molar-refractivity contribution in [1.29, 1.82) is 0 Å². The zero-order chi connectivity index (χ0) is 17.0. The zero-order valence-corrected chi connectivity index (χ0v) is 14.7. The third-order valence-electron chi connectivity index (χ3n) is 4.37. The van der Waals surface area contributed by atoms with E-state index in [1.54, 1.807) is 18.2 Å². The van der Waals surface area contributed by atoms with E-state index >= 15 is 0 Å². The quantitative estimate of drug-likeness (QED) is 0.820. The lowest BCUT2D eigenvalue weighted by molar-refractivity contribution is -0.163. The number of hydrogen-bond donors (Lipinski definition) is 1. The average molecular weight is 364 g/mol. The van der Waals surface area contributed by atoms with E-state index in [9.17, 15) is 4.79 Å². The maximum absolute atomic E-state index is 12.6. The van der Waals surface area contributed by atoms with Crippen molar-refractivity contribution in [3.63, 3.8) is 0 Å². The molecule has 0 spiro atoms. The fourth-order valence-corrected chi connectivity index (χ4v) is 3.57. The smallest absolute Gasteiger partial charge is 0.311 e. The summed E-state index contributed by atoms with van der Waals surface area (Å²) in [5, 5.41) is 4.36. The Morgan fingerprint density at radius 2 is 1.79 bits per heavy atom. The molecule has 126 valence electrons. The molecule has 1 heterocycles. The second-order valence-electron chi connectivity index (χ2n) is 6.00. The van der Waals surface area contributed by atoms with E-state index in [2.05, 4.69) is 5.32 Å². The summed E-state index contributed by atoms with van der Waals surface area (Å²) >= 11 is 12.1. The number of rotatable bonds is 4. The Kier molecular flexibility index (Phi) is 5.44. The van der Waals surface area contributed by atoms with Gasteiger partial charge in [0.05, 0.1) is 6.42 Å². The predicted molar refractivity (Wildman–Crippen MR) is 96.5 cm³/mol. The summed E-state index contributed by atoms with van der Waals surface area (Å²) in [7, 11) is 0. The van der Waals surface area contributed by atoms with Gasteiger partial charge >= 0.3 is 5.97 Å².